The molecule has 0 radical (unpaired) electrons. The summed E-state index contributed by atoms with van der Waals surface area (Å²) in [6.45, 7) is 3.18. The standard InChI is InChI=1S/C11H13F3N2O2/c1-6(2)18-10(17)16-9-4-3-7(15)5-8(9)11(12,13)14/h3-6H,15H2,1-2H3,(H,16,17). The fourth-order valence-electron chi connectivity index (χ4n) is 1.26. The van der Waals surface area contributed by atoms with Crippen LogP contribution in [0.15, 0.2) is 18.2 Å². The van der Waals surface area contributed by atoms with Crippen molar-refractivity contribution < 1.29 is 22.7 Å². The van der Waals surface area contributed by atoms with Crippen LogP contribution < -0.4 is 11.1 Å². The molecule has 7 heteroatoms. The molecular formula is C11H13F3N2O2. The molecule has 0 heterocycles. The topological polar surface area (TPSA) is 64.3 Å². The lowest BCUT2D eigenvalue weighted by molar-refractivity contribution is -0.136. The normalized spacial score (nSPS) is 11.4. The Hall–Kier alpha value is -1.92. The Morgan fingerprint density at radius 1 is 1.39 bits per heavy atom. The fourth-order valence-corrected chi connectivity index (χ4v) is 1.26. The number of nitrogens with one attached hydrogen (secondary N) is 1. The van der Waals surface area contributed by atoms with Gasteiger partial charge >= 0.3 is 12.3 Å². The van der Waals surface area contributed by atoms with Crippen LogP contribution in [0.25, 0.3) is 0 Å². The number of amides is 1. The third kappa shape index (κ3) is 3.83. The molecule has 18 heavy (non-hydrogen) atoms. The zero-order valence-electron chi connectivity index (χ0n) is 9.84. The van der Waals surface area contributed by atoms with E-state index in [2.05, 4.69) is 0 Å². The van der Waals surface area contributed by atoms with Crippen LogP contribution in [-0.2, 0) is 10.9 Å². The van der Waals surface area contributed by atoms with Crippen molar-refractivity contribution in [2.75, 3.05) is 11.1 Å². The van der Waals surface area contributed by atoms with Gasteiger partial charge in [0.25, 0.3) is 0 Å². The van der Waals surface area contributed by atoms with E-state index < -0.39 is 23.9 Å². The van der Waals surface area contributed by atoms with E-state index in [9.17, 15) is 18.0 Å². The number of halogens is 3. The van der Waals surface area contributed by atoms with E-state index in [-0.39, 0.29) is 11.4 Å². The molecule has 0 saturated heterocycles. The summed E-state index contributed by atoms with van der Waals surface area (Å²) in [7, 11) is 0. The van der Waals surface area contributed by atoms with Crippen LogP contribution in [0.4, 0.5) is 29.3 Å². The summed E-state index contributed by atoms with van der Waals surface area (Å²) < 4.78 is 42.8. The second-order valence-electron chi connectivity index (χ2n) is 3.88. The highest BCUT2D eigenvalue weighted by molar-refractivity contribution is 5.86. The molecule has 1 amide bonds. The molecule has 0 unspecified atom stereocenters. The predicted molar refractivity (Wildman–Crippen MR) is 61.1 cm³/mol. The van der Waals surface area contributed by atoms with E-state index in [1.807, 2.05) is 5.32 Å². The molecule has 4 nitrogen and oxygen atoms in total. The molecule has 0 saturated carbocycles. The van der Waals surface area contributed by atoms with E-state index in [4.69, 9.17) is 10.5 Å². The Balaban J connectivity index is 2.99. The average molecular weight is 262 g/mol. The van der Waals surface area contributed by atoms with Crippen molar-refractivity contribution in [3.8, 4) is 0 Å². The number of alkyl halides is 3. The van der Waals surface area contributed by atoms with Gasteiger partial charge in [-0.1, -0.05) is 0 Å². The van der Waals surface area contributed by atoms with E-state index in [0.29, 0.717) is 0 Å². The molecule has 0 bridgehead atoms. The second kappa shape index (κ2) is 5.16. The Labute approximate surface area is 102 Å². The molecule has 0 atom stereocenters. The van der Waals surface area contributed by atoms with Crippen molar-refractivity contribution in [3.05, 3.63) is 23.8 Å². The molecule has 1 rings (SSSR count). The maximum Gasteiger partial charge on any atom is 0.418 e. The lowest BCUT2D eigenvalue weighted by Gasteiger charge is -2.15. The van der Waals surface area contributed by atoms with Crippen LogP contribution in [0.2, 0.25) is 0 Å². The summed E-state index contributed by atoms with van der Waals surface area (Å²) in [5, 5.41) is 2.04. The molecule has 1 aromatic rings. The van der Waals surface area contributed by atoms with Gasteiger partial charge in [-0.2, -0.15) is 13.2 Å². The number of nitrogen functional groups attached to an aromatic ring is 1. The Bertz CT molecular complexity index is 444. The van der Waals surface area contributed by atoms with Crippen LogP contribution >= 0.6 is 0 Å². The number of hydrogen-bond acceptors (Lipinski definition) is 3. The molecule has 0 aromatic heterocycles. The highest BCUT2D eigenvalue weighted by atomic mass is 19.4. The summed E-state index contributed by atoms with van der Waals surface area (Å²) >= 11 is 0. The number of rotatable bonds is 2. The van der Waals surface area contributed by atoms with Gasteiger partial charge in [-0.3, -0.25) is 5.32 Å². The number of benzene rings is 1. The average Bonchev–Trinajstić information content (AvgIpc) is 2.17. The van der Waals surface area contributed by atoms with E-state index in [0.717, 1.165) is 12.1 Å². The van der Waals surface area contributed by atoms with Crippen LogP contribution in [0.1, 0.15) is 19.4 Å². The Kier molecular flexibility index (Phi) is 4.05. The first-order valence-corrected chi connectivity index (χ1v) is 5.14. The largest absolute Gasteiger partial charge is 0.447 e. The van der Waals surface area contributed by atoms with Crippen LogP contribution in [0, 0.1) is 0 Å². The predicted octanol–water partition coefficient (Wildman–Crippen LogP) is 3.24. The molecule has 0 aliphatic rings. The number of anilines is 2. The quantitative estimate of drug-likeness (QED) is 0.804. The van der Waals surface area contributed by atoms with E-state index >= 15 is 0 Å². The van der Waals surface area contributed by atoms with Gasteiger partial charge in [0.05, 0.1) is 17.4 Å². The zero-order chi connectivity index (χ0) is 13.9. The third-order valence-corrected chi connectivity index (χ3v) is 1.93. The molecule has 0 aliphatic heterocycles. The highest BCUT2D eigenvalue weighted by Gasteiger charge is 2.34. The fraction of sp³-hybridized carbons (Fsp3) is 0.364. The lowest BCUT2D eigenvalue weighted by Crippen LogP contribution is -2.20. The van der Waals surface area contributed by atoms with Crippen LogP contribution in [0.5, 0.6) is 0 Å². The van der Waals surface area contributed by atoms with Crippen molar-refractivity contribution in [1.82, 2.24) is 0 Å². The Morgan fingerprint density at radius 2 is 2.00 bits per heavy atom. The lowest BCUT2D eigenvalue weighted by atomic mass is 10.1. The number of nitrogens with two attached hydrogens (primary N) is 1. The smallest absolute Gasteiger partial charge is 0.418 e. The number of ether oxygens (including phenoxy) is 1. The first-order valence-electron chi connectivity index (χ1n) is 5.14. The minimum absolute atomic E-state index is 0.0369. The summed E-state index contributed by atoms with van der Waals surface area (Å²) in [5.41, 5.74) is 3.86. The van der Waals surface area contributed by atoms with Gasteiger partial charge in [0.1, 0.15) is 0 Å². The van der Waals surface area contributed by atoms with E-state index in [1.165, 1.54) is 6.07 Å². The van der Waals surface area contributed by atoms with Gasteiger partial charge in [-0.15, -0.1) is 0 Å². The molecule has 100 valence electrons. The van der Waals surface area contributed by atoms with E-state index in [1.54, 1.807) is 13.8 Å². The number of carbonyl (C=O) groups excluding carboxylic acids is 1. The molecule has 0 spiro atoms. The van der Waals surface area contributed by atoms with Gasteiger partial charge in [-0.25, -0.2) is 4.79 Å². The molecule has 1 aromatic carbocycles. The monoisotopic (exact) mass is 262 g/mol. The first-order chi connectivity index (χ1) is 8.20. The summed E-state index contributed by atoms with van der Waals surface area (Å²) in [6.07, 6.45) is -5.97. The molecule has 0 aliphatic carbocycles. The van der Waals surface area contributed by atoms with Crippen molar-refractivity contribution in [2.24, 2.45) is 0 Å². The van der Waals surface area contributed by atoms with Gasteiger partial charge in [0.15, 0.2) is 0 Å². The van der Waals surface area contributed by atoms with Crippen molar-refractivity contribution in [3.63, 3.8) is 0 Å². The molecule has 0 fully saturated rings. The summed E-state index contributed by atoms with van der Waals surface area (Å²) in [4.78, 5) is 11.3. The van der Waals surface area contributed by atoms with Crippen LogP contribution in [-0.4, -0.2) is 12.2 Å². The SMILES string of the molecule is CC(C)OC(=O)Nc1ccc(N)cc1C(F)(F)F. The summed E-state index contributed by atoms with van der Waals surface area (Å²) in [6, 6.07) is 3.10. The van der Waals surface area contributed by atoms with Crippen molar-refractivity contribution in [2.45, 2.75) is 26.1 Å². The highest BCUT2D eigenvalue weighted by Crippen LogP contribution is 2.36. The van der Waals surface area contributed by atoms with Gasteiger partial charge < -0.3 is 10.5 Å². The minimum atomic E-state index is -4.60. The first kappa shape index (κ1) is 14.1. The third-order valence-electron chi connectivity index (χ3n) is 1.93. The minimum Gasteiger partial charge on any atom is -0.447 e. The van der Waals surface area contributed by atoms with Gasteiger partial charge in [0.2, 0.25) is 0 Å². The zero-order valence-corrected chi connectivity index (χ0v) is 9.84. The number of carbonyl (C=O) groups is 1. The molecule has 3 N–H and O–H groups in total. The number of hydrogen-bond donors (Lipinski definition) is 2. The Morgan fingerprint density at radius 3 is 2.50 bits per heavy atom. The summed E-state index contributed by atoms with van der Waals surface area (Å²) in [5.74, 6) is 0. The van der Waals surface area contributed by atoms with Gasteiger partial charge in [-0.05, 0) is 32.0 Å². The maximum absolute atomic E-state index is 12.7. The van der Waals surface area contributed by atoms with Crippen molar-refractivity contribution >= 4 is 17.5 Å². The second-order valence-corrected chi connectivity index (χ2v) is 3.88. The maximum atomic E-state index is 12.7. The van der Waals surface area contributed by atoms with Crippen LogP contribution in [0.3, 0.4) is 0 Å². The molecular weight excluding hydrogens is 249 g/mol. The van der Waals surface area contributed by atoms with Gasteiger partial charge in [0, 0.05) is 5.69 Å². The van der Waals surface area contributed by atoms with Crippen molar-refractivity contribution in [1.29, 1.82) is 0 Å².